The Labute approximate surface area is 173 Å². The first-order chi connectivity index (χ1) is 13.4. The first-order valence-corrected chi connectivity index (χ1v) is 9.63. The van der Waals surface area contributed by atoms with E-state index in [4.69, 9.17) is 23.2 Å². The van der Waals surface area contributed by atoms with Crippen molar-refractivity contribution in [3.05, 3.63) is 63.1 Å². The van der Waals surface area contributed by atoms with E-state index in [0.717, 1.165) is 17.7 Å². The van der Waals surface area contributed by atoms with E-state index < -0.39 is 18.1 Å². The first kappa shape index (κ1) is 20.5. The number of hydrogen-bond acceptors (Lipinski definition) is 4. The highest BCUT2D eigenvalue weighted by molar-refractivity contribution is 6.35. The molecule has 0 bridgehead atoms. The van der Waals surface area contributed by atoms with Crippen LogP contribution in [0.3, 0.4) is 0 Å². The first-order valence-electron chi connectivity index (χ1n) is 8.87. The SMILES string of the molecule is CNCc1ccc(CC(=O)NC2CC(C(=O)O)Nc3cc(Cl)cc(Cl)c32)cc1. The summed E-state index contributed by atoms with van der Waals surface area (Å²) in [7, 11) is 1.88. The summed E-state index contributed by atoms with van der Waals surface area (Å²) in [5.74, 6) is -1.20. The van der Waals surface area contributed by atoms with Crippen LogP contribution in [0.2, 0.25) is 10.0 Å². The number of rotatable bonds is 6. The van der Waals surface area contributed by atoms with Gasteiger partial charge >= 0.3 is 5.97 Å². The van der Waals surface area contributed by atoms with Crippen LogP contribution in [0.1, 0.15) is 29.2 Å². The van der Waals surface area contributed by atoms with Gasteiger partial charge in [-0.3, -0.25) is 4.79 Å². The number of hydrogen-bond donors (Lipinski definition) is 4. The molecule has 6 nitrogen and oxygen atoms in total. The molecule has 0 fully saturated rings. The zero-order valence-corrected chi connectivity index (χ0v) is 16.8. The summed E-state index contributed by atoms with van der Waals surface area (Å²) >= 11 is 12.4. The Hall–Kier alpha value is -2.28. The maximum atomic E-state index is 12.6. The summed E-state index contributed by atoms with van der Waals surface area (Å²) in [6, 6.07) is 9.62. The minimum atomic E-state index is -0.999. The number of halogens is 2. The molecule has 1 amide bonds. The van der Waals surface area contributed by atoms with E-state index in [-0.39, 0.29) is 18.7 Å². The second-order valence-corrected chi connectivity index (χ2v) is 7.61. The number of aliphatic carboxylic acids is 1. The Balaban J connectivity index is 1.77. The summed E-state index contributed by atoms with van der Waals surface area (Å²) in [5.41, 5.74) is 3.19. The van der Waals surface area contributed by atoms with Gasteiger partial charge in [0.1, 0.15) is 6.04 Å². The number of amides is 1. The molecule has 3 rings (SSSR count). The van der Waals surface area contributed by atoms with Crippen LogP contribution in [0, 0.1) is 0 Å². The number of carbonyl (C=O) groups is 2. The van der Waals surface area contributed by atoms with Crippen molar-refractivity contribution in [2.24, 2.45) is 0 Å². The van der Waals surface area contributed by atoms with E-state index >= 15 is 0 Å². The minimum Gasteiger partial charge on any atom is -0.480 e. The van der Waals surface area contributed by atoms with Crippen LogP contribution in [-0.4, -0.2) is 30.1 Å². The fourth-order valence-corrected chi connectivity index (χ4v) is 3.99. The summed E-state index contributed by atoms with van der Waals surface area (Å²) < 4.78 is 0. The lowest BCUT2D eigenvalue weighted by Crippen LogP contribution is -2.41. The summed E-state index contributed by atoms with van der Waals surface area (Å²) in [6.07, 6.45) is 0.387. The second kappa shape index (κ2) is 8.82. The lowest BCUT2D eigenvalue weighted by molar-refractivity contribution is -0.138. The van der Waals surface area contributed by atoms with E-state index in [1.807, 2.05) is 31.3 Å². The molecule has 0 aromatic heterocycles. The minimum absolute atomic E-state index is 0.191. The fourth-order valence-electron chi connectivity index (χ4n) is 3.36. The molecular weight excluding hydrogens is 401 g/mol. The van der Waals surface area contributed by atoms with Crippen LogP contribution in [0.4, 0.5) is 5.69 Å². The van der Waals surface area contributed by atoms with Crippen molar-refractivity contribution in [3.63, 3.8) is 0 Å². The molecular formula is C20H21Cl2N3O3. The number of carbonyl (C=O) groups excluding carboxylic acids is 1. The van der Waals surface area contributed by atoms with Gasteiger partial charge in [-0.2, -0.15) is 0 Å². The van der Waals surface area contributed by atoms with Crippen molar-refractivity contribution in [1.82, 2.24) is 10.6 Å². The summed E-state index contributed by atoms with van der Waals surface area (Å²) in [6.45, 7) is 0.760. The predicted molar refractivity (Wildman–Crippen MR) is 110 cm³/mol. The highest BCUT2D eigenvalue weighted by Gasteiger charge is 2.33. The Kier molecular flexibility index (Phi) is 6.44. The van der Waals surface area contributed by atoms with Gasteiger partial charge < -0.3 is 21.1 Å². The van der Waals surface area contributed by atoms with Crippen molar-refractivity contribution in [2.75, 3.05) is 12.4 Å². The van der Waals surface area contributed by atoms with Gasteiger partial charge in [-0.15, -0.1) is 0 Å². The average molecular weight is 422 g/mol. The molecule has 0 saturated heterocycles. The molecule has 4 N–H and O–H groups in total. The van der Waals surface area contributed by atoms with E-state index in [1.54, 1.807) is 12.1 Å². The third-order valence-electron chi connectivity index (χ3n) is 4.65. The topological polar surface area (TPSA) is 90.5 Å². The highest BCUT2D eigenvalue weighted by atomic mass is 35.5. The lowest BCUT2D eigenvalue weighted by Gasteiger charge is -2.32. The Bertz CT molecular complexity index is 887. The molecule has 2 aromatic carbocycles. The zero-order chi connectivity index (χ0) is 20.3. The summed E-state index contributed by atoms with van der Waals surface area (Å²) in [5, 5.41) is 19.1. The molecule has 148 valence electrons. The van der Waals surface area contributed by atoms with Crippen LogP contribution >= 0.6 is 23.2 Å². The average Bonchev–Trinajstić information content (AvgIpc) is 2.62. The Morgan fingerprint density at radius 3 is 2.50 bits per heavy atom. The molecule has 0 spiro atoms. The van der Waals surface area contributed by atoms with Crippen LogP contribution in [0.15, 0.2) is 36.4 Å². The van der Waals surface area contributed by atoms with Gasteiger partial charge in [-0.25, -0.2) is 4.79 Å². The monoisotopic (exact) mass is 421 g/mol. The molecule has 0 aliphatic carbocycles. The number of carboxylic acids is 1. The van der Waals surface area contributed by atoms with Gasteiger partial charge in [0.2, 0.25) is 5.91 Å². The zero-order valence-electron chi connectivity index (χ0n) is 15.3. The van der Waals surface area contributed by atoms with Gasteiger partial charge in [0.15, 0.2) is 0 Å². The maximum absolute atomic E-state index is 12.6. The van der Waals surface area contributed by atoms with Gasteiger partial charge in [0.25, 0.3) is 0 Å². The van der Waals surface area contributed by atoms with Crippen molar-refractivity contribution in [3.8, 4) is 0 Å². The molecule has 1 heterocycles. The van der Waals surface area contributed by atoms with Crippen molar-refractivity contribution in [2.45, 2.75) is 31.5 Å². The van der Waals surface area contributed by atoms with Gasteiger partial charge in [-0.05, 0) is 30.3 Å². The lowest BCUT2D eigenvalue weighted by atomic mass is 9.92. The molecule has 28 heavy (non-hydrogen) atoms. The number of nitrogens with one attached hydrogen (secondary N) is 3. The fraction of sp³-hybridized carbons (Fsp3) is 0.300. The van der Waals surface area contributed by atoms with Crippen molar-refractivity contribution >= 4 is 40.8 Å². The predicted octanol–water partition coefficient (Wildman–Crippen LogP) is 3.38. The number of anilines is 1. The largest absolute Gasteiger partial charge is 0.480 e. The van der Waals surface area contributed by atoms with Gasteiger partial charge in [-0.1, -0.05) is 47.5 Å². The van der Waals surface area contributed by atoms with Gasteiger partial charge in [0.05, 0.1) is 12.5 Å². The third kappa shape index (κ3) is 4.76. The smallest absolute Gasteiger partial charge is 0.326 e. The number of benzene rings is 2. The molecule has 8 heteroatoms. The van der Waals surface area contributed by atoms with E-state index in [2.05, 4.69) is 16.0 Å². The second-order valence-electron chi connectivity index (χ2n) is 6.76. The van der Waals surface area contributed by atoms with E-state index in [1.165, 1.54) is 0 Å². The maximum Gasteiger partial charge on any atom is 0.326 e. The quantitative estimate of drug-likeness (QED) is 0.573. The van der Waals surface area contributed by atoms with Crippen molar-refractivity contribution in [1.29, 1.82) is 0 Å². The standard InChI is InChI=1S/C20H21Cl2N3O3/c1-23-10-12-4-2-11(3-5-12)6-18(26)25-16-9-17(20(27)28)24-15-8-13(21)7-14(22)19(15)16/h2-5,7-8,16-17,23-24H,6,9-10H2,1H3,(H,25,26)(H,27,28). The Morgan fingerprint density at radius 2 is 1.86 bits per heavy atom. The van der Waals surface area contributed by atoms with E-state index in [0.29, 0.717) is 21.3 Å². The molecule has 2 aromatic rings. The molecule has 2 atom stereocenters. The molecule has 0 saturated carbocycles. The Morgan fingerprint density at radius 1 is 1.18 bits per heavy atom. The molecule has 2 unspecified atom stereocenters. The number of fused-ring (bicyclic) bond motifs is 1. The van der Waals surface area contributed by atoms with Crippen LogP contribution in [-0.2, 0) is 22.6 Å². The normalized spacial score (nSPS) is 18.1. The van der Waals surface area contributed by atoms with Gasteiger partial charge in [0, 0.05) is 34.3 Å². The van der Waals surface area contributed by atoms with Crippen molar-refractivity contribution < 1.29 is 14.7 Å². The van der Waals surface area contributed by atoms with Crippen LogP contribution < -0.4 is 16.0 Å². The molecule has 1 aliphatic rings. The highest BCUT2D eigenvalue weighted by Crippen LogP contribution is 2.39. The summed E-state index contributed by atoms with van der Waals surface area (Å²) in [4.78, 5) is 24.1. The number of carboxylic acid groups (broad SMARTS) is 1. The van der Waals surface area contributed by atoms with E-state index in [9.17, 15) is 14.7 Å². The molecule has 1 aliphatic heterocycles. The van der Waals surface area contributed by atoms with Crippen LogP contribution in [0.5, 0.6) is 0 Å². The van der Waals surface area contributed by atoms with Crippen LogP contribution in [0.25, 0.3) is 0 Å². The molecule has 0 radical (unpaired) electrons. The third-order valence-corrected chi connectivity index (χ3v) is 5.18.